The molecule has 0 aromatic carbocycles. The van der Waals surface area contributed by atoms with E-state index in [2.05, 4.69) is 44.4 Å². The maximum absolute atomic E-state index is 12.9. The third-order valence-electron chi connectivity index (χ3n) is 3.73. The Kier molecular flexibility index (Phi) is 3.32. The van der Waals surface area contributed by atoms with E-state index in [1.807, 2.05) is 32.9 Å². The lowest BCUT2D eigenvalue weighted by atomic mass is 9.79. The molecule has 2 heterocycles. The van der Waals surface area contributed by atoms with Crippen molar-refractivity contribution in [2.75, 3.05) is 0 Å². The van der Waals surface area contributed by atoms with Gasteiger partial charge in [-0.1, -0.05) is 47.6 Å². The average molecular weight is 271 g/mol. The van der Waals surface area contributed by atoms with Gasteiger partial charge in [0, 0.05) is 22.9 Å². The summed E-state index contributed by atoms with van der Waals surface area (Å²) in [5, 5.41) is 0. The van der Waals surface area contributed by atoms with E-state index in [1.165, 1.54) is 0 Å². The summed E-state index contributed by atoms with van der Waals surface area (Å²) < 4.78 is 2.14. The number of pyridine rings is 1. The molecule has 0 atom stereocenters. The zero-order valence-electron chi connectivity index (χ0n) is 13.7. The Hall–Kier alpha value is -1.57. The Bertz CT molecular complexity index is 663. The van der Waals surface area contributed by atoms with Crippen LogP contribution in [0.4, 0.5) is 0 Å². The molecule has 0 unspecified atom stereocenters. The first-order chi connectivity index (χ1) is 9.03. The molecular formula is C18H25NO. The molecule has 0 aliphatic heterocycles. The van der Waals surface area contributed by atoms with Gasteiger partial charge >= 0.3 is 0 Å². The molecule has 2 aromatic rings. The number of Topliss-reactive ketones (excluding diaryl/α,β-unsaturated/α-hetero) is 1. The van der Waals surface area contributed by atoms with Crippen LogP contribution < -0.4 is 0 Å². The summed E-state index contributed by atoms with van der Waals surface area (Å²) in [7, 11) is 0. The third-order valence-corrected chi connectivity index (χ3v) is 3.73. The number of carbonyl (C=O) groups is 1. The van der Waals surface area contributed by atoms with Crippen molar-refractivity contribution < 1.29 is 4.79 Å². The van der Waals surface area contributed by atoms with Crippen molar-refractivity contribution in [3.8, 4) is 0 Å². The standard InChI is InChI=1S/C18H25NO/c1-12-9-8-10-14-15(16(20)18(5,6)7)13(11-19(12)14)17(2,3)4/h8-11H,1-7H3. The van der Waals surface area contributed by atoms with Gasteiger partial charge in [0.15, 0.2) is 5.78 Å². The number of hydrogen-bond acceptors (Lipinski definition) is 1. The number of aryl methyl sites for hydroxylation is 1. The van der Waals surface area contributed by atoms with E-state index in [1.54, 1.807) is 0 Å². The van der Waals surface area contributed by atoms with E-state index in [4.69, 9.17) is 0 Å². The molecule has 0 bridgehead atoms. The van der Waals surface area contributed by atoms with Gasteiger partial charge in [-0.15, -0.1) is 0 Å². The lowest BCUT2D eigenvalue weighted by Gasteiger charge is -2.23. The van der Waals surface area contributed by atoms with E-state index in [0.717, 1.165) is 22.3 Å². The minimum Gasteiger partial charge on any atom is -0.320 e. The van der Waals surface area contributed by atoms with Gasteiger partial charge in [-0.2, -0.15) is 0 Å². The van der Waals surface area contributed by atoms with Crippen molar-refractivity contribution >= 4 is 11.3 Å². The molecule has 2 rings (SSSR count). The third kappa shape index (κ3) is 2.39. The molecule has 0 N–H and O–H groups in total. The Morgan fingerprint density at radius 1 is 1.05 bits per heavy atom. The number of fused-ring (bicyclic) bond motifs is 1. The van der Waals surface area contributed by atoms with Gasteiger partial charge in [0.05, 0.1) is 5.52 Å². The van der Waals surface area contributed by atoms with Crippen LogP contribution in [0, 0.1) is 12.3 Å². The summed E-state index contributed by atoms with van der Waals surface area (Å²) in [4.78, 5) is 12.9. The lowest BCUT2D eigenvalue weighted by molar-refractivity contribution is 0.0858. The zero-order chi connectivity index (χ0) is 15.3. The molecule has 108 valence electrons. The van der Waals surface area contributed by atoms with Crippen molar-refractivity contribution in [3.63, 3.8) is 0 Å². The van der Waals surface area contributed by atoms with Gasteiger partial charge in [0.25, 0.3) is 0 Å². The predicted molar refractivity (Wildman–Crippen MR) is 84.6 cm³/mol. The zero-order valence-corrected chi connectivity index (χ0v) is 13.7. The van der Waals surface area contributed by atoms with Crippen molar-refractivity contribution in [2.24, 2.45) is 5.41 Å². The second kappa shape index (κ2) is 4.47. The van der Waals surface area contributed by atoms with Crippen molar-refractivity contribution in [3.05, 3.63) is 41.2 Å². The summed E-state index contributed by atoms with van der Waals surface area (Å²) in [6.45, 7) is 14.5. The van der Waals surface area contributed by atoms with Gasteiger partial charge < -0.3 is 4.40 Å². The number of hydrogen-bond donors (Lipinski definition) is 0. The molecule has 0 saturated heterocycles. The number of aromatic nitrogens is 1. The number of nitrogens with zero attached hydrogens (tertiary/aromatic N) is 1. The quantitative estimate of drug-likeness (QED) is 0.684. The minimum atomic E-state index is -0.369. The van der Waals surface area contributed by atoms with Gasteiger partial charge in [-0.3, -0.25) is 4.79 Å². The summed E-state index contributed by atoms with van der Waals surface area (Å²) in [5.74, 6) is 0.218. The fourth-order valence-corrected chi connectivity index (χ4v) is 2.52. The second-order valence-corrected chi connectivity index (χ2v) is 7.67. The van der Waals surface area contributed by atoms with Crippen LogP contribution in [0.1, 0.15) is 63.2 Å². The number of carbonyl (C=O) groups excluding carboxylic acids is 1. The first kappa shape index (κ1) is 14.8. The summed E-state index contributed by atoms with van der Waals surface area (Å²) in [5.41, 5.74) is 3.77. The van der Waals surface area contributed by atoms with E-state index in [-0.39, 0.29) is 16.6 Å². The van der Waals surface area contributed by atoms with E-state index in [9.17, 15) is 4.79 Å². The van der Waals surface area contributed by atoms with Crippen molar-refractivity contribution in [2.45, 2.75) is 53.9 Å². The Labute approximate surface area is 121 Å². The topological polar surface area (TPSA) is 21.5 Å². The average Bonchev–Trinajstić information content (AvgIpc) is 2.67. The van der Waals surface area contributed by atoms with Crippen LogP contribution in [0.3, 0.4) is 0 Å². The molecule has 2 heteroatoms. The van der Waals surface area contributed by atoms with Crippen molar-refractivity contribution in [1.29, 1.82) is 0 Å². The van der Waals surface area contributed by atoms with Crippen LogP contribution in [0.25, 0.3) is 5.52 Å². The molecule has 20 heavy (non-hydrogen) atoms. The smallest absolute Gasteiger partial charge is 0.170 e. The van der Waals surface area contributed by atoms with E-state index in [0.29, 0.717) is 0 Å². The normalized spacial score (nSPS) is 12.9. The summed E-state index contributed by atoms with van der Waals surface area (Å²) in [6.07, 6.45) is 2.13. The van der Waals surface area contributed by atoms with Gasteiger partial charge in [-0.05, 0) is 30.0 Å². The highest BCUT2D eigenvalue weighted by atomic mass is 16.1. The summed E-state index contributed by atoms with van der Waals surface area (Å²) in [6, 6.07) is 6.14. The molecule has 0 aliphatic rings. The van der Waals surface area contributed by atoms with E-state index >= 15 is 0 Å². The van der Waals surface area contributed by atoms with Gasteiger partial charge in [0.2, 0.25) is 0 Å². The first-order valence-electron chi connectivity index (χ1n) is 7.19. The summed E-state index contributed by atoms with van der Waals surface area (Å²) >= 11 is 0. The van der Waals surface area contributed by atoms with Crippen LogP contribution in [-0.4, -0.2) is 10.2 Å². The second-order valence-electron chi connectivity index (χ2n) is 7.67. The molecule has 2 aromatic heterocycles. The number of ketones is 1. The maximum Gasteiger partial charge on any atom is 0.170 e. The highest BCUT2D eigenvalue weighted by Crippen LogP contribution is 2.34. The molecular weight excluding hydrogens is 246 g/mol. The van der Waals surface area contributed by atoms with Crippen molar-refractivity contribution in [1.82, 2.24) is 4.40 Å². The van der Waals surface area contributed by atoms with Crippen LogP contribution in [-0.2, 0) is 5.41 Å². The molecule has 0 aliphatic carbocycles. The molecule has 0 radical (unpaired) electrons. The first-order valence-corrected chi connectivity index (χ1v) is 7.19. The predicted octanol–water partition coefficient (Wildman–Crippen LogP) is 4.77. The minimum absolute atomic E-state index is 0.0469. The number of rotatable bonds is 1. The SMILES string of the molecule is Cc1cccc2c(C(=O)C(C)(C)C)c(C(C)(C)C)cn12. The lowest BCUT2D eigenvalue weighted by Crippen LogP contribution is -2.24. The highest BCUT2D eigenvalue weighted by molar-refractivity contribution is 6.07. The maximum atomic E-state index is 12.9. The molecule has 0 amide bonds. The largest absolute Gasteiger partial charge is 0.320 e. The Morgan fingerprint density at radius 2 is 1.65 bits per heavy atom. The molecule has 0 saturated carbocycles. The monoisotopic (exact) mass is 271 g/mol. The Balaban J connectivity index is 2.86. The van der Waals surface area contributed by atoms with Crippen LogP contribution in [0.5, 0.6) is 0 Å². The molecule has 0 fully saturated rings. The molecule has 0 spiro atoms. The van der Waals surface area contributed by atoms with Gasteiger partial charge in [-0.25, -0.2) is 0 Å². The molecule has 2 nitrogen and oxygen atoms in total. The van der Waals surface area contributed by atoms with E-state index < -0.39 is 0 Å². The fourth-order valence-electron chi connectivity index (χ4n) is 2.52. The van der Waals surface area contributed by atoms with Crippen LogP contribution in [0.15, 0.2) is 24.4 Å². The highest BCUT2D eigenvalue weighted by Gasteiger charge is 2.32. The fraction of sp³-hybridized carbons (Fsp3) is 0.500. The van der Waals surface area contributed by atoms with Crippen LogP contribution in [0.2, 0.25) is 0 Å². The van der Waals surface area contributed by atoms with Crippen LogP contribution >= 0.6 is 0 Å². The Morgan fingerprint density at radius 3 is 2.15 bits per heavy atom. The van der Waals surface area contributed by atoms with Gasteiger partial charge in [0.1, 0.15) is 0 Å².